The summed E-state index contributed by atoms with van der Waals surface area (Å²) >= 11 is 0. The molecule has 3 heterocycles. The van der Waals surface area contributed by atoms with Gasteiger partial charge in [0.05, 0.1) is 10.6 Å². The smallest absolute Gasteiger partial charge is 0.248 e. The van der Waals surface area contributed by atoms with Gasteiger partial charge in [0, 0.05) is 51.3 Å². The number of benzene rings is 3. The molecule has 2 aromatic heterocycles. The molecule has 3 aromatic carbocycles. The van der Waals surface area contributed by atoms with Gasteiger partial charge in [0.2, 0.25) is 5.91 Å². The summed E-state index contributed by atoms with van der Waals surface area (Å²) in [5.41, 5.74) is 13.2. The van der Waals surface area contributed by atoms with Gasteiger partial charge in [0.25, 0.3) is 0 Å². The second-order valence-electron chi connectivity index (χ2n) is 12.5. The van der Waals surface area contributed by atoms with Crippen LogP contribution < -0.4 is 11.1 Å². The Morgan fingerprint density at radius 2 is 1.82 bits per heavy atom. The topological polar surface area (TPSA) is 124 Å². The molecule has 1 amide bonds. The number of likely N-dealkylation sites (tertiary alicyclic amines) is 1. The van der Waals surface area contributed by atoms with E-state index < -0.39 is 9.84 Å². The largest absolute Gasteiger partial charge is 0.366 e. The SMILES string of the molecule is CN1CCC[C@@H]1Cc1c[nH]c2ccc(CCS(=O)(=O)c3ccccc3)cc12.CN[C@@H]1CCc2[nH]c3ccc(C(N)=O)cc3c2C1. The van der Waals surface area contributed by atoms with Gasteiger partial charge in [-0.25, -0.2) is 8.42 Å². The summed E-state index contributed by atoms with van der Waals surface area (Å²) in [4.78, 5) is 20.9. The van der Waals surface area contributed by atoms with Gasteiger partial charge in [-0.3, -0.25) is 4.79 Å². The maximum absolute atomic E-state index is 12.5. The predicted octanol–water partition coefficient (Wildman–Crippen LogP) is 5.16. The van der Waals surface area contributed by atoms with E-state index in [2.05, 4.69) is 45.6 Å². The number of nitrogens with zero attached hydrogens (tertiary/aromatic N) is 1. The van der Waals surface area contributed by atoms with E-state index in [9.17, 15) is 13.2 Å². The molecule has 0 unspecified atom stereocenters. The van der Waals surface area contributed by atoms with E-state index in [0.29, 0.717) is 29.0 Å². The van der Waals surface area contributed by atoms with Crippen LogP contribution in [-0.2, 0) is 35.5 Å². The number of aromatic amines is 2. The Kier molecular flexibility index (Phi) is 9.12. The van der Waals surface area contributed by atoms with Crippen molar-refractivity contribution in [2.45, 2.75) is 61.9 Å². The number of amides is 1. The number of primary amides is 1. The highest BCUT2D eigenvalue weighted by Gasteiger charge is 2.23. The van der Waals surface area contributed by atoms with Gasteiger partial charge in [0.15, 0.2) is 9.84 Å². The molecule has 7 rings (SSSR count). The molecule has 0 bridgehead atoms. The standard InChI is InChI=1S/C22H26N2O2S.C14H17N3O/c1-24-12-5-6-19(24)15-18-16-23-22-10-9-17(14-21(18)22)11-13-27(25,26)20-7-3-2-4-8-20;1-16-9-3-5-13-11(7-9)10-6-8(14(15)18)2-4-12(10)17-13/h2-4,7-10,14,16,19,23H,5-6,11-13,15H2,1H3;2,4,6,9,16-17H,3,5,7H2,1H3,(H2,15,18)/t19-;9-/m11/s1. The fourth-order valence-electron chi connectivity index (χ4n) is 6.86. The Hall–Kier alpha value is -3.92. The average molecular weight is 626 g/mol. The van der Waals surface area contributed by atoms with Crippen molar-refractivity contribution in [3.8, 4) is 0 Å². The van der Waals surface area contributed by atoms with Crippen molar-refractivity contribution in [1.29, 1.82) is 0 Å². The van der Waals surface area contributed by atoms with E-state index >= 15 is 0 Å². The number of nitrogens with one attached hydrogen (secondary N) is 3. The van der Waals surface area contributed by atoms with Crippen LogP contribution in [0.2, 0.25) is 0 Å². The Morgan fingerprint density at radius 3 is 2.56 bits per heavy atom. The van der Waals surface area contributed by atoms with Crippen LogP contribution in [-0.4, -0.2) is 67.7 Å². The first-order valence-corrected chi connectivity index (χ1v) is 17.5. The number of hydrogen-bond donors (Lipinski definition) is 4. The summed E-state index contributed by atoms with van der Waals surface area (Å²) in [7, 11) is 0.951. The van der Waals surface area contributed by atoms with Crippen LogP contribution in [0.5, 0.6) is 0 Å². The van der Waals surface area contributed by atoms with Crippen molar-refractivity contribution in [1.82, 2.24) is 20.2 Å². The number of sulfone groups is 1. The molecule has 0 saturated carbocycles. The van der Waals surface area contributed by atoms with Crippen molar-refractivity contribution in [3.63, 3.8) is 0 Å². The Morgan fingerprint density at radius 1 is 1.02 bits per heavy atom. The Balaban J connectivity index is 0.000000172. The van der Waals surface area contributed by atoms with Crippen molar-refractivity contribution in [3.05, 3.63) is 101 Å². The molecule has 5 N–H and O–H groups in total. The first-order chi connectivity index (χ1) is 21.7. The lowest BCUT2D eigenvalue weighted by Gasteiger charge is -2.21. The van der Waals surface area contributed by atoms with E-state index in [1.807, 2.05) is 31.3 Å². The summed E-state index contributed by atoms with van der Waals surface area (Å²) in [6.45, 7) is 1.18. The van der Waals surface area contributed by atoms with Gasteiger partial charge in [-0.15, -0.1) is 0 Å². The minimum atomic E-state index is -3.25. The fraction of sp³-hybridized carbons (Fsp3) is 0.361. The molecule has 8 nitrogen and oxygen atoms in total. The van der Waals surface area contributed by atoms with Crippen molar-refractivity contribution in [2.24, 2.45) is 5.73 Å². The number of hydrogen-bond acceptors (Lipinski definition) is 5. The molecular weight excluding hydrogens is 582 g/mol. The van der Waals surface area contributed by atoms with Crippen LogP contribution in [0.15, 0.2) is 77.8 Å². The third kappa shape index (κ3) is 6.85. The molecule has 0 spiro atoms. The predicted molar refractivity (Wildman–Crippen MR) is 182 cm³/mol. The lowest BCUT2D eigenvalue weighted by molar-refractivity contribution is 0.100. The molecule has 2 atom stereocenters. The highest BCUT2D eigenvalue weighted by atomic mass is 32.2. The second-order valence-corrected chi connectivity index (χ2v) is 14.6. The fourth-order valence-corrected chi connectivity index (χ4v) is 8.17. The van der Waals surface area contributed by atoms with E-state index in [1.165, 1.54) is 41.6 Å². The number of likely N-dealkylation sites (N-methyl/N-ethyl adjacent to an activating group) is 2. The molecule has 1 saturated heterocycles. The number of carbonyl (C=O) groups excluding carboxylic acids is 1. The monoisotopic (exact) mass is 625 g/mol. The molecule has 2 aliphatic rings. The molecule has 9 heteroatoms. The number of fused-ring (bicyclic) bond motifs is 4. The molecular formula is C36H43N5O3S. The normalized spacial score (nSPS) is 18.5. The summed E-state index contributed by atoms with van der Waals surface area (Å²) in [5, 5.41) is 5.70. The quantitative estimate of drug-likeness (QED) is 0.190. The lowest BCUT2D eigenvalue weighted by atomic mass is 9.91. The zero-order valence-corrected chi connectivity index (χ0v) is 26.9. The summed E-state index contributed by atoms with van der Waals surface area (Å²) in [6.07, 6.45) is 9.42. The van der Waals surface area contributed by atoms with E-state index in [1.54, 1.807) is 30.3 Å². The number of carbonyl (C=O) groups is 1. The number of aryl methyl sites for hydroxylation is 2. The third-order valence-electron chi connectivity index (χ3n) is 9.60. The Labute approximate surface area is 265 Å². The maximum atomic E-state index is 12.5. The van der Waals surface area contributed by atoms with Crippen LogP contribution in [0.1, 0.15) is 52.0 Å². The van der Waals surface area contributed by atoms with Gasteiger partial charge < -0.3 is 25.9 Å². The molecule has 236 valence electrons. The third-order valence-corrected chi connectivity index (χ3v) is 11.3. The lowest BCUT2D eigenvalue weighted by Crippen LogP contribution is -2.31. The molecule has 1 aliphatic heterocycles. The van der Waals surface area contributed by atoms with Crippen molar-refractivity contribution in [2.75, 3.05) is 26.4 Å². The first-order valence-electron chi connectivity index (χ1n) is 15.9. The van der Waals surface area contributed by atoms with Crippen LogP contribution in [0.25, 0.3) is 21.8 Å². The summed E-state index contributed by atoms with van der Waals surface area (Å²) < 4.78 is 25.1. The van der Waals surface area contributed by atoms with Crippen LogP contribution in [0.4, 0.5) is 0 Å². The minimum absolute atomic E-state index is 0.133. The van der Waals surface area contributed by atoms with Crippen LogP contribution in [0.3, 0.4) is 0 Å². The summed E-state index contributed by atoms with van der Waals surface area (Å²) in [5.74, 6) is -0.235. The first kappa shape index (κ1) is 31.1. The van der Waals surface area contributed by atoms with Crippen molar-refractivity contribution < 1.29 is 13.2 Å². The Bertz CT molecular complexity index is 1910. The molecule has 5 aromatic rings. The van der Waals surface area contributed by atoms with Gasteiger partial charge >= 0.3 is 0 Å². The molecule has 0 radical (unpaired) electrons. The van der Waals surface area contributed by atoms with Gasteiger partial charge in [-0.1, -0.05) is 24.3 Å². The van der Waals surface area contributed by atoms with Crippen LogP contribution in [0, 0.1) is 0 Å². The average Bonchev–Trinajstić information content (AvgIpc) is 3.76. The highest BCUT2D eigenvalue weighted by Crippen LogP contribution is 2.30. The molecule has 45 heavy (non-hydrogen) atoms. The number of rotatable bonds is 8. The van der Waals surface area contributed by atoms with Crippen molar-refractivity contribution >= 4 is 37.6 Å². The zero-order valence-electron chi connectivity index (χ0n) is 26.1. The second kappa shape index (κ2) is 13.2. The van der Waals surface area contributed by atoms with Crippen LogP contribution >= 0.6 is 0 Å². The summed E-state index contributed by atoms with van der Waals surface area (Å²) in [6, 6.07) is 21.7. The number of nitrogens with two attached hydrogens (primary N) is 1. The zero-order chi connectivity index (χ0) is 31.6. The highest BCUT2D eigenvalue weighted by molar-refractivity contribution is 7.91. The van der Waals surface area contributed by atoms with Gasteiger partial charge in [-0.05, 0) is 125 Å². The van der Waals surface area contributed by atoms with E-state index in [0.717, 1.165) is 47.7 Å². The van der Waals surface area contributed by atoms with E-state index in [4.69, 9.17) is 5.73 Å². The van der Waals surface area contributed by atoms with E-state index in [-0.39, 0.29) is 11.7 Å². The number of H-pyrrole nitrogens is 2. The van der Waals surface area contributed by atoms with Gasteiger partial charge in [0.1, 0.15) is 0 Å². The molecule has 1 fully saturated rings. The minimum Gasteiger partial charge on any atom is -0.366 e. The molecule has 1 aliphatic carbocycles. The maximum Gasteiger partial charge on any atom is 0.248 e. The number of aromatic nitrogens is 2. The van der Waals surface area contributed by atoms with Gasteiger partial charge in [-0.2, -0.15) is 0 Å².